The van der Waals surface area contributed by atoms with Gasteiger partial charge in [-0.1, -0.05) is 13.8 Å². The highest BCUT2D eigenvalue weighted by Gasteiger charge is 2.60. The number of carbonyl (C=O) groups excluding carboxylic acids is 1. The zero-order valence-electron chi connectivity index (χ0n) is 15.6. The van der Waals surface area contributed by atoms with Crippen LogP contribution in [0.25, 0.3) is 0 Å². The molecule has 134 valence electrons. The van der Waals surface area contributed by atoms with Gasteiger partial charge < -0.3 is 4.90 Å². The van der Waals surface area contributed by atoms with E-state index >= 15 is 0 Å². The quantitative estimate of drug-likeness (QED) is 0.846. The van der Waals surface area contributed by atoms with Crippen LogP contribution in [0.2, 0.25) is 0 Å². The maximum atomic E-state index is 13.3. The summed E-state index contributed by atoms with van der Waals surface area (Å²) in [6.07, 6.45) is 5.67. The van der Waals surface area contributed by atoms with Gasteiger partial charge in [0, 0.05) is 37.9 Å². The molecule has 1 spiro atoms. The molecule has 25 heavy (non-hydrogen) atoms. The van der Waals surface area contributed by atoms with Crippen LogP contribution in [0.1, 0.15) is 39.2 Å². The second-order valence-corrected chi connectivity index (χ2v) is 8.26. The highest BCUT2D eigenvalue weighted by atomic mass is 16.2. The van der Waals surface area contributed by atoms with Crippen molar-refractivity contribution in [2.45, 2.75) is 46.1 Å². The largest absolute Gasteiger partial charge is 0.340 e. The van der Waals surface area contributed by atoms with Gasteiger partial charge >= 0.3 is 0 Å². The monoisotopic (exact) mass is 341 g/mol. The molecule has 1 aromatic heterocycles. The Morgan fingerprint density at radius 2 is 1.96 bits per heavy atom. The van der Waals surface area contributed by atoms with E-state index in [2.05, 4.69) is 28.7 Å². The van der Waals surface area contributed by atoms with Crippen LogP contribution in [0.15, 0.2) is 17.4 Å². The van der Waals surface area contributed by atoms with Crippen LogP contribution in [0.5, 0.6) is 0 Å². The molecule has 6 nitrogen and oxygen atoms in total. The Morgan fingerprint density at radius 3 is 2.64 bits per heavy atom. The molecule has 0 radical (unpaired) electrons. The first-order valence-corrected chi connectivity index (χ1v) is 9.33. The number of aromatic nitrogens is 2. The van der Waals surface area contributed by atoms with Crippen LogP contribution in [-0.4, -0.2) is 51.8 Å². The average Bonchev–Trinajstić information content (AvgIpc) is 3.19. The first kappa shape index (κ1) is 16.5. The van der Waals surface area contributed by atoms with Gasteiger partial charge in [0.2, 0.25) is 5.95 Å². The van der Waals surface area contributed by atoms with E-state index < -0.39 is 5.54 Å². The topological polar surface area (TPSA) is 61.7 Å². The summed E-state index contributed by atoms with van der Waals surface area (Å²) in [4.78, 5) is 31.3. The van der Waals surface area contributed by atoms with Crippen LogP contribution in [0.4, 0.5) is 5.95 Å². The standard InChI is InChI=1S/C19H27N5O/c1-12(2)9-24-14(4)22-19(17(24)25)6-5-15-10-23(11-16(15)19)18-20-7-13(3)8-21-18/h7-8,12,15-16H,5-6,9-11H2,1-4H3/t15-,16+,19-/m0/s1. The predicted molar refractivity (Wildman–Crippen MR) is 97.6 cm³/mol. The van der Waals surface area contributed by atoms with Crippen LogP contribution in [0.3, 0.4) is 0 Å². The molecule has 2 fully saturated rings. The smallest absolute Gasteiger partial charge is 0.256 e. The zero-order valence-corrected chi connectivity index (χ0v) is 15.6. The van der Waals surface area contributed by atoms with Crippen molar-refractivity contribution in [1.29, 1.82) is 0 Å². The minimum absolute atomic E-state index is 0.220. The van der Waals surface area contributed by atoms with Crippen LogP contribution < -0.4 is 4.90 Å². The Balaban J connectivity index is 1.58. The molecule has 0 bridgehead atoms. The lowest BCUT2D eigenvalue weighted by molar-refractivity contribution is -0.132. The molecule has 4 rings (SSSR count). The summed E-state index contributed by atoms with van der Waals surface area (Å²) in [6.45, 7) is 10.8. The van der Waals surface area contributed by atoms with Crippen molar-refractivity contribution in [3.63, 3.8) is 0 Å². The van der Waals surface area contributed by atoms with E-state index in [0.29, 0.717) is 11.8 Å². The van der Waals surface area contributed by atoms with Gasteiger partial charge in [-0.15, -0.1) is 0 Å². The minimum Gasteiger partial charge on any atom is -0.340 e. The maximum absolute atomic E-state index is 13.3. The molecule has 3 aliphatic rings. The van der Waals surface area contributed by atoms with Gasteiger partial charge in [-0.2, -0.15) is 0 Å². The Kier molecular flexibility index (Phi) is 3.81. The fourth-order valence-electron chi connectivity index (χ4n) is 4.77. The molecule has 0 N–H and O–H groups in total. The molecule has 1 amide bonds. The van der Waals surface area contributed by atoms with Crippen molar-refractivity contribution < 1.29 is 4.79 Å². The van der Waals surface area contributed by atoms with Crippen molar-refractivity contribution in [2.75, 3.05) is 24.5 Å². The lowest BCUT2D eigenvalue weighted by Crippen LogP contribution is -2.47. The highest BCUT2D eigenvalue weighted by molar-refractivity contribution is 6.07. The third-order valence-electron chi connectivity index (χ3n) is 5.92. The van der Waals surface area contributed by atoms with Crippen molar-refractivity contribution in [3.8, 4) is 0 Å². The Bertz CT molecular complexity index is 713. The SMILES string of the molecule is CC1=N[C@]2(CC[C@H]3CN(c4ncc(C)cn4)C[C@H]32)C(=O)N1CC(C)C. The first-order valence-electron chi connectivity index (χ1n) is 9.33. The third-order valence-corrected chi connectivity index (χ3v) is 5.92. The van der Waals surface area contributed by atoms with Gasteiger partial charge in [0.05, 0.1) is 0 Å². The summed E-state index contributed by atoms with van der Waals surface area (Å²) < 4.78 is 0. The number of hydrogen-bond acceptors (Lipinski definition) is 5. The van der Waals surface area contributed by atoms with Gasteiger partial charge in [-0.05, 0) is 44.1 Å². The summed E-state index contributed by atoms with van der Waals surface area (Å²) in [7, 11) is 0. The molecule has 3 atom stereocenters. The van der Waals surface area contributed by atoms with E-state index in [9.17, 15) is 4.79 Å². The molecule has 6 heteroatoms. The fourth-order valence-corrected chi connectivity index (χ4v) is 4.77. The lowest BCUT2D eigenvalue weighted by atomic mass is 9.85. The van der Waals surface area contributed by atoms with Crippen LogP contribution >= 0.6 is 0 Å². The fraction of sp³-hybridized carbons (Fsp3) is 0.684. The molecule has 1 saturated carbocycles. The molecule has 0 aromatic carbocycles. The number of hydrogen-bond donors (Lipinski definition) is 0. The zero-order chi connectivity index (χ0) is 17.8. The van der Waals surface area contributed by atoms with Crippen LogP contribution in [-0.2, 0) is 4.79 Å². The molecule has 1 aromatic rings. The molecule has 3 heterocycles. The number of nitrogens with zero attached hydrogens (tertiary/aromatic N) is 5. The highest BCUT2D eigenvalue weighted by Crippen LogP contribution is 2.50. The summed E-state index contributed by atoms with van der Waals surface area (Å²) in [5.74, 6) is 3.12. The Hall–Kier alpha value is -1.98. The van der Waals surface area contributed by atoms with E-state index in [1.54, 1.807) is 0 Å². The van der Waals surface area contributed by atoms with Crippen molar-refractivity contribution in [2.24, 2.45) is 22.7 Å². The second-order valence-electron chi connectivity index (χ2n) is 8.26. The van der Waals surface area contributed by atoms with Crippen molar-refractivity contribution in [1.82, 2.24) is 14.9 Å². The summed E-state index contributed by atoms with van der Waals surface area (Å²) >= 11 is 0. The number of fused-ring (bicyclic) bond motifs is 2. The summed E-state index contributed by atoms with van der Waals surface area (Å²) in [6, 6.07) is 0. The number of carbonyl (C=O) groups is 1. The van der Waals surface area contributed by atoms with E-state index in [-0.39, 0.29) is 11.8 Å². The van der Waals surface area contributed by atoms with Gasteiger partial charge in [0.15, 0.2) is 0 Å². The number of amides is 1. The normalized spacial score (nSPS) is 31.4. The first-order chi connectivity index (χ1) is 11.9. The van der Waals surface area contributed by atoms with Crippen LogP contribution in [0, 0.1) is 24.7 Å². The lowest BCUT2D eigenvalue weighted by Gasteiger charge is -2.28. The van der Waals surface area contributed by atoms with E-state index in [1.807, 2.05) is 31.1 Å². The maximum Gasteiger partial charge on any atom is 0.256 e. The number of aliphatic imine (C=N–C) groups is 1. The third kappa shape index (κ3) is 2.53. The number of amidine groups is 1. The van der Waals surface area contributed by atoms with Crippen molar-refractivity contribution in [3.05, 3.63) is 18.0 Å². The minimum atomic E-state index is -0.539. The molecule has 2 aliphatic heterocycles. The Labute approximate surface area is 149 Å². The summed E-state index contributed by atoms with van der Waals surface area (Å²) in [5, 5.41) is 0. The molecule has 1 aliphatic carbocycles. The van der Waals surface area contributed by atoms with Gasteiger partial charge in [0.25, 0.3) is 5.91 Å². The van der Waals surface area contributed by atoms with Crippen molar-refractivity contribution >= 4 is 17.7 Å². The Morgan fingerprint density at radius 1 is 1.24 bits per heavy atom. The van der Waals surface area contributed by atoms with Gasteiger partial charge in [-0.25, -0.2) is 9.97 Å². The molecule has 1 saturated heterocycles. The second kappa shape index (κ2) is 5.78. The van der Waals surface area contributed by atoms with E-state index in [4.69, 9.17) is 4.99 Å². The molecular formula is C19H27N5O. The average molecular weight is 341 g/mol. The molecule has 0 unspecified atom stereocenters. The number of aryl methyl sites for hydroxylation is 1. The van der Waals surface area contributed by atoms with Gasteiger partial charge in [0.1, 0.15) is 11.4 Å². The van der Waals surface area contributed by atoms with E-state index in [1.165, 1.54) is 0 Å². The summed E-state index contributed by atoms with van der Waals surface area (Å²) in [5.41, 5.74) is 0.526. The van der Waals surface area contributed by atoms with Gasteiger partial charge in [-0.3, -0.25) is 14.7 Å². The molecular weight excluding hydrogens is 314 g/mol. The predicted octanol–water partition coefficient (Wildman–Crippen LogP) is 2.29. The number of rotatable bonds is 3. The number of anilines is 1. The van der Waals surface area contributed by atoms with E-state index in [0.717, 1.165) is 49.8 Å².